The average molecular weight is 381 g/mol. The molecule has 2 aliphatic heterocycles. The number of imidazole rings is 1. The number of H-pyrrole nitrogens is 2. The van der Waals surface area contributed by atoms with Gasteiger partial charge in [0.1, 0.15) is 11.5 Å². The molecule has 0 bridgehead atoms. The van der Waals surface area contributed by atoms with Crippen molar-refractivity contribution in [3.05, 3.63) is 47.9 Å². The summed E-state index contributed by atoms with van der Waals surface area (Å²) in [5.74, 6) is 2.12. The first-order chi connectivity index (χ1) is 13.3. The van der Waals surface area contributed by atoms with E-state index in [2.05, 4.69) is 49.3 Å². The third-order valence-electron chi connectivity index (χ3n) is 5.42. The second-order valence-corrected chi connectivity index (χ2v) is 8.38. The van der Waals surface area contributed by atoms with Crippen LogP contribution in [0.15, 0.2) is 30.9 Å². The molecule has 27 heavy (non-hydrogen) atoms. The van der Waals surface area contributed by atoms with E-state index in [-0.39, 0.29) is 0 Å². The zero-order chi connectivity index (χ0) is 18.2. The number of aromatic nitrogens is 4. The van der Waals surface area contributed by atoms with Crippen LogP contribution in [0.3, 0.4) is 0 Å². The van der Waals surface area contributed by atoms with Crippen molar-refractivity contribution in [2.24, 2.45) is 0 Å². The standard InChI is InChI=1S/C20H24N6S/c1-13-10-23-20-18(13)16(5-7-22-20)26-8-9-27-17(12-26)15-11-24-19(25-15)14-4-2-3-6-21-14/h5,7,10-12,14,21H,2-4,6,8-9H2,1H3,(H,22,23)(H,24,25). The number of aromatic amines is 2. The van der Waals surface area contributed by atoms with Crippen molar-refractivity contribution in [2.75, 3.05) is 23.7 Å². The molecule has 0 aliphatic carbocycles. The van der Waals surface area contributed by atoms with Crippen LogP contribution in [0.4, 0.5) is 5.69 Å². The van der Waals surface area contributed by atoms with Gasteiger partial charge in [-0.3, -0.25) is 0 Å². The number of hydrogen-bond donors (Lipinski definition) is 3. The first kappa shape index (κ1) is 16.9. The van der Waals surface area contributed by atoms with Gasteiger partial charge in [-0.1, -0.05) is 6.42 Å². The van der Waals surface area contributed by atoms with Crippen LogP contribution in [0.5, 0.6) is 0 Å². The average Bonchev–Trinajstić information content (AvgIpc) is 3.36. The van der Waals surface area contributed by atoms with Crippen molar-refractivity contribution in [3.8, 4) is 0 Å². The predicted octanol–water partition coefficient (Wildman–Crippen LogP) is 3.96. The van der Waals surface area contributed by atoms with E-state index in [1.54, 1.807) is 0 Å². The Labute approximate surface area is 162 Å². The minimum Gasteiger partial charge on any atom is -0.346 e. The van der Waals surface area contributed by atoms with Gasteiger partial charge in [0.25, 0.3) is 0 Å². The van der Waals surface area contributed by atoms with Crippen LogP contribution in [0.1, 0.15) is 42.4 Å². The van der Waals surface area contributed by atoms with E-state index in [0.29, 0.717) is 6.04 Å². The third kappa shape index (κ3) is 3.15. The monoisotopic (exact) mass is 380 g/mol. The maximum atomic E-state index is 4.66. The molecule has 3 aromatic rings. The van der Waals surface area contributed by atoms with Crippen molar-refractivity contribution in [1.82, 2.24) is 25.3 Å². The zero-order valence-electron chi connectivity index (χ0n) is 15.5. The van der Waals surface area contributed by atoms with Gasteiger partial charge in [-0.15, -0.1) is 11.8 Å². The molecule has 0 saturated carbocycles. The molecule has 3 aromatic heterocycles. The Morgan fingerprint density at radius 3 is 3.11 bits per heavy atom. The Morgan fingerprint density at radius 1 is 1.26 bits per heavy atom. The van der Waals surface area contributed by atoms with Gasteiger partial charge in [0.2, 0.25) is 0 Å². The summed E-state index contributed by atoms with van der Waals surface area (Å²) in [4.78, 5) is 19.5. The van der Waals surface area contributed by atoms with Gasteiger partial charge in [0.15, 0.2) is 0 Å². The Hall–Kier alpha value is -2.25. The SMILES string of the molecule is Cc1c[nH]c2nccc(N3C=C(c4cnc(C5CCCCN5)[nH]4)SCC3)c12. The van der Waals surface area contributed by atoms with Crippen LogP contribution in [-0.4, -0.2) is 38.8 Å². The molecule has 5 heterocycles. The normalized spacial score (nSPS) is 20.9. The first-order valence-corrected chi connectivity index (χ1v) is 10.6. The molecule has 0 radical (unpaired) electrons. The Kier molecular flexibility index (Phi) is 4.41. The molecule has 1 unspecified atom stereocenters. The number of hydrogen-bond acceptors (Lipinski definition) is 5. The molecule has 0 aromatic carbocycles. The third-order valence-corrected chi connectivity index (χ3v) is 6.45. The number of thioether (sulfide) groups is 1. The summed E-state index contributed by atoms with van der Waals surface area (Å²) in [7, 11) is 0. The minimum absolute atomic E-state index is 0.361. The molecule has 7 heteroatoms. The number of fused-ring (bicyclic) bond motifs is 1. The summed E-state index contributed by atoms with van der Waals surface area (Å²) in [5, 5.41) is 4.77. The molecule has 1 atom stereocenters. The van der Waals surface area contributed by atoms with Crippen molar-refractivity contribution >= 4 is 33.4 Å². The second kappa shape index (κ2) is 7.05. The van der Waals surface area contributed by atoms with Gasteiger partial charge < -0.3 is 20.2 Å². The smallest absolute Gasteiger partial charge is 0.139 e. The topological polar surface area (TPSA) is 72.6 Å². The van der Waals surface area contributed by atoms with E-state index < -0.39 is 0 Å². The largest absolute Gasteiger partial charge is 0.346 e. The van der Waals surface area contributed by atoms with E-state index in [4.69, 9.17) is 0 Å². The predicted molar refractivity (Wildman–Crippen MR) is 112 cm³/mol. The summed E-state index contributed by atoms with van der Waals surface area (Å²) in [6, 6.07) is 2.47. The maximum Gasteiger partial charge on any atom is 0.139 e. The second-order valence-electron chi connectivity index (χ2n) is 7.25. The Balaban J connectivity index is 1.46. The fraction of sp³-hybridized carbons (Fsp3) is 0.400. The van der Waals surface area contributed by atoms with E-state index in [9.17, 15) is 0 Å². The summed E-state index contributed by atoms with van der Waals surface area (Å²) in [6.07, 6.45) is 11.8. The molecule has 5 rings (SSSR count). The van der Waals surface area contributed by atoms with E-state index in [1.807, 2.05) is 30.4 Å². The van der Waals surface area contributed by atoms with Gasteiger partial charge in [-0.25, -0.2) is 9.97 Å². The van der Waals surface area contributed by atoms with Crippen molar-refractivity contribution < 1.29 is 0 Å². The van der Waals surface area contributed by atoms with Crippen LogP contribution in [0, 0.1) is 6.92 Å². The van der Waals surface area contributed by atoms with Gasteiger partial charge in [-0.2, -0.15) is 0 Å². The highest BCUT2D eigenvalue weighted by molar-refractivity contribution is 8.08. The van der Waals surface area contributed by atoms with E-state index in [1.165, 1.54) is 34.4 Å². The van der Waals surface area contributed by atoms with Crippen LogP contribution >= 0.6 is 11.8 Å². The lowest BCUT2D eigenvalue weighted by Crippen LogP contribution is -2.27. The van der Waals surface area contributed by atoms with E-state index in [0.717, 1.165) is 42.4 Å². The Morgan fingerprint density at radius 2 is 2.22 bits per heavy atom. The summed E-state index contributed by atoms with van der Waals surface area (Å²) >= 11 is 1.89. The van der Waals surface area contributed by atoms with Gasteiger partial charge >= 0.3 is 0 Å². The molecule has 140 valence electrons. The lowest BCUT2D eigenvalue weighted by atomic mass is 10.0. The molecule has 2 aliphatic rings. The minimum atomic E-state index is 0.361. The zero-order valence-corrected chi connectivity index (χ0v) is 16.3. The van der Waals surface area contributed by atoms with Crippen LogP contribution in [-0.2, 0) is 0 Å². The highest BCUT2D eigenvalue weighted by Gasteiger charge is 2.21. The number of aryl methyl sites for hydroxylation is 1. The molecular formula is C20H24N6S. The summed E-state index contributed by atoms with van der Waals surface area (Å²) in [5.41, 5.74) is 4.51. The molecule has 1 fully saturated rings. The van der Waals surface area contributed by atoms with Crippen molar-refractivity contribution in [2.45, 2.75) is 32.2 Å². The van der Waals surface area contributed by atoms with Crippen molar-refractivity contribution in [1.29, 1.82) is 0 Å². The number of anilines is 1. The Bertz CT molecular complexity index is 981. The molecule has 0 spiro atoms. The first-order valence-electron chi connectivity index (χ1n) is 9.62. The maximum absolute atomic E-state index is 4.66. The number of nitrogens with zero attached hydrogens (tertiary/aromatic N) is 3. The molecule has 3 N–H and O–H groups in total. The highest BCUT2D eigenvalue weighted by Crippen LogP contribution is 2.36. The van der Waals surface area contributed by atoms with Gasteiger partial charge in [0.05, 0.1) is 23.6 Å². The van der Waals surface area contributed by atoms with Crippen LogP contribution < -0.4 is 10.2 Å². The van der Waals surface area contributed by atoms with Crippen LogP contribution in [0.25, 0.3) is 15.9 Å². The number of piperidine rings is 1. The number of pyridine rings is 1. The molecular weight excluding hydrogens is 356 g/mol. The lowest BCUT2D eigenvalue weighted by molar-refractivity contribution is 0.399. The lowest BCUT2D eigenvalue weighted by Gasteiger charge is -2.27. The molecule has 1 saturated heterocycles. The van der Waals surface area contributed by atoms with Gasteiger partial charge in [0, 0.05) is 41.2 Å². The number of nitrogens with one attached hydrogen (secondary N) is 3. The quantitative estimate of drug-likeness (QED) is 0.641. The summed E-state index contributed by atoms with van der Waals surface area (Å²) in [6.45, 7) is 4.20. The molecule has 6 nitrogen and oxygen atoms in total. The van der Waals surface area contributed by atoms with Crippen molar-refractivity contribution in [3.63, 3.8) is 0 Å². The highest BCUT2D eigenvalue weighted by atomic mass is 32.2. The van der Waals surface area contributed by atoms with Gasteiger partial charge in [-0.05, 0) is 37.9 Å². The number of rotatable bonds is 3. The molecule has 0 amide bonds. The van der Waals surface area contributed by atoms with E-state index >= 15 is 0 Å². The van der Waals surface area contributed by atoms with Crippen LogP contribution in [0.2, 0.25) is 0 Å². The fourth-order valence-corrected chi connectivity index (χ4v) is 4.97. The summed E-state index contributed by atoms with van der Waals surface area (Å²) < 4.78 is 0. The fourth-order valence-electron chi connectivity index (χ4n) is 4.00.